The second-order valence-corrected chi connectivity index (χ2v) is 7.88. The highest BCUT2D eigenvalue weighted by molar-refractivity contribution is 5.74. The predicted molar refractivity (Wildman–Crippen MR) is 105 cm³/mol. The second-order valence-electron chi connectivity index (χ2n) is 7.88. The summed E-state index contributed by atoms with van der Waals surface area (Å²) in [6.45, 7) is 2.22. The van der Waals surface area contributed by atoms with Gasteiger partial charge in [0.1, 0.15) is 5.39 Å². The van der Waals surface area contributed by atoms with Crippen molar-refractivity contribution in [2.75, 3.05) is 18.0 Å². The van der Waals surface area contributed by atoms with Gasteiger partial charge in [-0.2, -0.15) is 15.2 Å². The molecule has 9 heteroatoms. The first-order chi connectivity index (χ1) is 13.6. The van der Waals surface area contributed by atoms with E-state index in [0.29, 0.717) is 35.4 Å². The Labute approximate surface area is 161 Å². The quantitative estimate of drug-likeness (QED) is 0.724. The minimum atomic E-state index is -0.164. The lowest BCUT2D eigenvalue weighted by molar-refractivity contribution is 0.332. The van der Waals surface area contributed by atoms with Gasteiger partial charge in [0.15, 0.2) is 5.65 Å². The number of piperidine rings is 1. The Kier molecular flexibility index (Phi) is 4.03. The molecule has 1 saturated carbocycles. The fourth-order valence-corrected chi connectivity index (χ4v) is 3.93. The third-order valence-electron chi connectivity index (χ3n) is 5.82. The maximum Gasteiger partial charge on any atom is 0.266 e. The molecule has 1 aliphatic heterocycles. The molecule has 0 atom stereocenters. The Morgan fingerprint density at radius 2 is 1.93 bits per heavy atom. The van der Waals surface area contributed by atoms with E-state index in [1.165, 1.54) is 19.0 Å². The van der Waals surface area contributed by atoms with Crippen molar-refractivity contribution in [1.82, 2.24) is 29.5 Å². The topological polar surface area (TPSA) is 102 Å². The molecule has 0 aromatic carbocycles. The highest BCUT2D eigenvalue weighted by Crippen LogP contribution is 2.38. The Morgan fingerprint density at radius 1 is 1.14 bits per heavy atom. The van der Waals surface area contributed by atoms with Crippen LogP contribution in [0.15, 0.2) is 27.9 Å². The molecule has 146 valence electrons. The fourth-order valence-electron chi connectivity index (χ4n) is 3.93. The minimum absolute atomic E-state index is 0.0283. The zero-order chi connectivity index (χ0) is 19.3. The van der Waals surface area contributed by atoms with Crippen LogP contribution in [-0.4, -0.2) is 42.6 Å². The molecule has 1 saturated heterocycles. The van der Waals surface area contributed by atoms with Crippen molar-refractivity contribution in [3.63, 3.8) is 0 Å². The van der Waals surface area contributed by atoms with Gasteiger partial charge in [0.05, 0.1) is 11.9 Å². The summed E-state index contributed by atoms with van der Waals surface area (Å²) in [7, 11) is 1.78. The number of aromatic nitrogens is 6. The van der Waals surface area contributed by atoms with Crippen LogP contribution in [0.2, 0.25) is 0 Å². The third kappa shape index (κ3) is 3.10. The lowest BCUT2D eigenvalue weighted by atomic mass is 9.97. The SMILES string of the molecule is Cn1ncc2c(=O)[nH]c(N3CCC(Cn4nc(C5CC5)ccc4=O)CC3)nc21. The number of fused-ring (bicyclic) bond motifs is 1. The zero-order valence-corrected chi connectivity index (χ0v) is 15.8. The summed E-state index contributed by atoms with van der Waals surface area (Å²) in [4.78, 5) is 34.0. The molecule has 5 rings (SSSR count). The van der Waals surface area contributed by atoms with Crippen molar-refractivity contribution in [2.24, 2.45) is 13.0 Å². The van der Waals surface area contributed by atoms with Gasteiger partial charge in [0, 0.05) is 38.7 Å². The molecule has 1 N–H and O–H groups in total. The predicted octanol–water partition coefficient (Wildman–Crippen LogP) is 1.01. The fraction of sp³-hybridized carbons (Fsp3) is 0.526. The summed E-state index contributed by atoms with van der Waals surface area (Å²) in [5, 5.41) is 9.19. The molecule has 0 spiro atoms. The van der Waals surface area contributed by atoms with Crippen molar-refractivity contribution in [1.29, 1.82) is 0 Å². The van der Waals surface area contributed by atoms with Gasteiger partial charge in [0.2, 0.25) is 5.95 Å². The minimum Gasteiger partial charge on any atom is -0.342 e. The third-order valence-corrected chi connectivity index (χ3v) is 5.82. The van der Waals surface area contributed by atoms with E-state index in [2.05, 4.69) is 25.1 Å². The standard InChI is InChI=1S/C19H23N7O2/c1-24-17-14(10-20-24)18(28)22-19(21-17)25-8-6-12(7-9-25)11-26-16(27)5-4-15(23-26)13-2-3-13/h4-5,10,12-13H,2-3,6-9,11H2,1H3,(H,21,22,28). The van der Waals surface area contributed by atoms with Gasteiger partial charge in [-0.25, -0.2) is 4.68 Å². The number of aromatic amines is 1. The Morgan fingerprint density at radius 3 is 2.68 bits per heavy atom. The first-order valence-corrected chi connectivity index (χ1v) is 9.83. The Bertz CT molecular complexity index is 1130. The smallest absolute Gasteiger partial charge is 0.266 e. The van der Waals surface area contributed by atoms with E-state index in [1.807, 2.05) is 6.07 Å². The molecule has 2 aliphatic rings. The van der Waals surface area contributed by atoms with E-state index >= 15 is 0 Å². The maximum absolute atomic E-state index is 12.3. The molecule has 3 aromatic heterocycles. The van der Waals surface area contributed by atoms with E-state index in [4.69, 9.17) is 0 Å². The second kappa shape index (κ2) is 6.57. The van der Waals surface area contributed by atoms with Gasteiger partial charge < -0.3 is 4.90 Å². The van der Waals surface area contributed by atoms with Gasteiger partial charge in [-0.05, 0) is 37.7 Å². The first-order valence-electron chi connectivity index (χ1n) is 9.83. The van der Waals surface area contributed by atoms with Gasteiger partial charge in [-0.1, -0.05) is 0 Å². The number of H-pyrrole nitrogens is 1. The number of rotatable bonds is 4. The van der Waals surface area contributed by atoms with Crippen LogP contribution < -0.4 is 16.0 Å². The maximum atomic E-state index is 12.3. The summed E-state index contributed by atoms with van der Waals surface area (Å²) in [5.41, 5.74) is 1.44. The lowest BCUT2D eigenvalue weighted by Gasteiger charge is -2.32. The zero-order valence-electron chi connectivity index (χ0n) is 15.8. The molecular formula is C19H23N7O2. The van der Waals surface area contributed by atoms with E-state index in [1.54, 1.807) is 22.5 Å². The van der Waals surface area contributed by atoms with Gasteiger partial charge in [-0.15, -0.1) is 0 Å². The molecule has 1 aliphatic carbocycles. The molecule has 28 heavy (non-hydrogen) atoms. The number of anilines is 1. The highest BCUT2D eigenvalue weighted by Gasteiger charge is 2.27. The van der Waals surface area contributed by atoms with Crippen molar-refractivity contribution in [3.05, 3.63) is 44.7 Å². The van der Waals surface area contributed by atoms with Gasteiger partial charge >= 0.3 is 0 Å². The molecule has 3 aromatic rings. The molecule has 2 fully saturated rings. The van der Waals surface area contributed by atoms with Crippen molar-refractivity contribution >= 4 is 17.0 Å². The monoisotopic (exact) mass is 381 g/mol. The van der Waals surface area contributed by atoms with Crippen LogP contribution in [0.5, 0.6) is 0 Å². The van der Waals surface area contributed by atoms with E-state index < -0.39 is 0 Å². The summed E-state index contributed by atoms with van der Waals surface area (Å²) in [6.07, 6.45) is 5.74. The van der Waals surface area contributed by atoms with Crippen LogP contribution in [0.4, 0.5) is 5.95 Å². The number of hydrogen-bond donors (Lipinski definition) is 1. The molecule has 0 radical (unpaired) electrons. The van der Waals surface area contributed by atoms with Crippen LogP contribution in [0, 0.1) is 5.92 Å². The molecule has 0 amide bonds. The van der Waals surface area contributed by atoms with E-state index in [9.17, 15) is 9.59 Å². The number of nitrogens with zero attached hydrogens (tertiary/aromatic N) is 6. The van der Waals surface area contributed by atoms with Gasteiger partial charge in [0.25, 0.3) is 11.1 Å². The summed E-state index contributed by atoms with van der Waals surface area (Å²) < 4.78 is 3.25. The van der Waals surface area contributed by atoms with E-state index in [-0.39, 0.29) is 11.1 Å². The first kappa shape index (κ1) is 17.2. The van der Waals surface area contributed by atoms with Crippen LogP contribution >= 0.6 is 0 Å². The molecule has 9 nitrogen and oxygen atoms in total. The molecule has 0 bridgehead atoms. The number of aryl methyl sites for hydroxylation is 1. The van der Waals surface area contributed by atoms with E-state index in [0.717, 1.165) is 31.6 Å². The Balaban J connectivity index is 1.29. The van der Waals surface area contributed by atoms with Crippen LogP contribution in [0.3, 0.4) is 0 Å². The van der Waals surface area contributed by atoms with Crippen LogP contribution in [0.25, 0.3) is 11.0 Å². The summed E-state index contributed by atoms with van der Waals surface area (Å²) in [6, 6.07) is 3.52. The van der Waals surface area contributed by atoms with Crippen LogP contribution in [-0.2, 0) is 13.6 Å². The lowest BCUT2D eigenvalue weighted by Crippen LogP contribution is -2.38. The average molecular weight is 381 g/mol. The number of nitrogens with one attached hydrogen (secondary N) is 1. The van der Waals surface area contributed by atoms with Crippen molar-refractivity contribution in [3.8, 4) is 0 Å². The largest absolute Gasteiger partial charge is 0.342 e. The summed E-state index contributed by atoms with van der Waals surface area (Å²) in [5.74, 6) is 1.52. The van der Waals surface area contributed by atoms with Gasteiger partial charge in [-0.3, -0.25) is 19.3 Å². The molecular weight excluding hydrogens is 358 g/mol. The highest BCUT2D eigenvalue weighted by atomic mass is 16.1. The van der Waals surface area contributed by atoms with Crippen molar-refractivity contribution in [2.45, 2.75) is 38.1 Å². The number of hydrogen-bond acceptors (Lipinski definition) is 6. The molecule has 4 heterocycles. The van der Waals surface area contributed by atoms with Crippen LogP contribution in [0.1, 0.15) is 37.3 Å². The summed E-state index contributed by atoms with van der Waals surface area (Å²) >= 11 is 0. The normalized spacial score (nSPS) is 18.1. The average Bonchev–Trinajstić information content (AvgIpc) is 3.48. The van der Waals surface area contributed by atoms with Crippen molar-refractivity contribution < 1.29 is 0 Å². The Hall–Kier alpha value is -2.97. The molecule has 0 unspecified atom stereocenters.